The van der Waals surface area contributed by atoms with Crippen molar-refractivity contribution in [3.8, 4) is 5.75 Å². The van der Waals surface area contributed by atoms with E-state index < -0.39 is 15.8 Å². The van der Waals surface area contributed by atoms with Gasteiger partial charge in [-0.05, 0) is 46.8 Å². The summed E-state index contributed by atoms with van der Waals surface area (Å²) in [4.78, 5) is 13.1. The zero-order valence-electron chi connectivity index (χ0n) is 16.5. The molecule has 0 radical (unpaired) electrons. The van der Waals surface area contributed by atoms with Gasteiger partial charge in [0.2, 0.25) is 5.78 Å². The summed E-state index contributed by atoms with van der Waals surface area (Å²) in [5.74, 6) is 0.231. The quantitative estimate of drug-likeness (QED) is 0.529. The molecule has 31 heavy (non-hydrogen) atoms. The molecule has 0 atom stereocenters. The number of halogens is 1. The van der Waals surface area contributed by atoms with E-state index in [9.17, 15) is 13.2 Å². The van der Waals surface area contributed by atoms with Gasteiger partial charge in [-0.25, -0.2) is 8.42 Å². The van der Waals surface area contributed by atoms with Crippen molar-refractivity contribution in [1.82, 2.24) is 5.32 Å². The van der Waals surface area contributed by atoms with E-state index in [4.69, 9.17) is 16.3 Å². The van der Waals surface area contributed by atoms with Gasteiger partial charge in [0.05, 0.1) is 19.3 Å². The molecule has 0 bridgehead atoms. The summed E-state index contributed by atoms with van der Waals surface area (Å²) in [6.45, 7) is 0.469. The molecule has 0 saturated heterocycles. The Morgan fingerprint density at radius 3 is 2.42 bits per heavy atom. The third-order valence-electron chi connectivity index (χ3n) is 4.85. The molecule has 0 aliphatic carbocycles. The Balaban J connectivity index is 1.62. The first-order valence-electron chi connectivity index (χ1n) is 9.36. The van der Waals surface area contributed by atoms with Gasteiger partial charge in [-0.15, -0.1) is 11.3 Å². The predicted octanol–water partition coefficient (Wildman–Crippen LogP) is 4.57. The van der Waals surface area contributed by atoms with E-state index in [0.717, 1.165) is 16.9 Å². The Morgan fingerprint density at radius 1 is 1.06 bits per heavy atom. The summed E-state index contributed by atoms with van der Waals surface area (Å²) in [7, 11) is -2.45. The number of anilines is 1. The fourth-order valence-electron chi connectivity index (χ4n) is 3.22. The highest BCUT2D eigenvalue weighted by molar-refractivity contribution is 7.97. The number of fused-ring (bicyclic) bond motifs is 1. The third-order valence-corrected chi connectivity index (χ3v) is 7.77. The standard InChI is InChI=1S/C22H19ClN2O4S2/c1-29-18-8-4-15(5-9-18)12-24-13-20-21(26)22-19(10-11-30-22)25(31(20,27)28)14-16-2-6-17(23)7-3-16/h2-11,13,24H,12,14H2,1H3/b20-13-. The number of methoxy groups -OCH3 is 1. The number of carbonyl (C=O) groups is 1. The van der Waals surface area contributed by atoms with Gasteiger partial charge < -0.3 is 10.1 Å². The van der Waals surface area contributed by atoms with Gasteiger partial charge in [0.1, 0.15) is 10.6 Å². The monoisotopic (exact) mass is 474 g/mol. The topological polar surface area (TPSA) is 75.7 Å². The summed E-state index contributed by atoms with van der Waals surface area (Å²) in [5.41, 5.74) is 2.09. The van der Waals surface area contributed by atoms with Gasteiger partial charge in [0, 0.05) is 17.8 Å². The number of nitrogens with zero attached hydrogens (tertiary/aromatic N) is 1. The molecule has 160 valence electrons. The summed E-state index contributed by atoms with van der Waals surface area (Å²) in [6.07, 6.45) is 1.29. The summed E-state index contributed by atoms with van der Waals surface area (Å²) < 4.78 is 33.1. The van der Waals surface area contributed by atoms with Crippen molar-refractivity contribution in [2.75, 3.05) is 11.4 Å². The van der Waals surface area contributed by atoms with E-state index in [1.807, 2.05) is 24.3 Å². The number of carbonyl (C=O) groups excluding carboxylic acids is 1. The maximum absolute atomic E-state index is 13.3. The number of allylic oxidation sites excluding steroid dienone is 1. The largest absolute Gasteiger partial charge is 0.497 e. The molecule has 0 saturated carbocycles. The highest BCUT2D eigenvalue weighted by Crippen LogP contribution is 2.39. The number of ether oxygens (including phenoxy) is 1. The second kappa shape index (κ2) is 8.74. The molecule has 2 heterocycles. The number of sulfonamides is 1. The molecule has 1 aliphatic rings. The van der Waals surface area contributed by atoms with Crippen LogP contribution in [-0.4, -0.2) is 21.3 Å². The third kappa shape index (κ3) is 4.32. The normalized spacial score (nSPS) is 16.3. The van der Waals surface area contributed by atoms with Crippen molar-refractivity contribution < 1.29 is 17.9 Å². The number of ketones is 1. The number of Topliss-reactive ketones (excluding diaryl/α,β-unsaturated/α-hetero) is 1. The van der Waals surface area contributed by atoms with Crippen LogP contribution in [0, 0.1) is 0 Å². The van der Waals surface area contributed by atoms with Gasteiger partial charge >= 0.3 is 0 Å². The molecule has 2 aromatic carbocycles. The Kier molecular flexibility index (Phi) is 6.04. The van der Waals surface area contributed by atoms with Crippen molar-refractivity contribution in [2.24, 2.45) is 0 Å². The molecule has 1 aliphatic heterocycles. The van der Waals surface area contributed by atoms with E-state index >= 15 is 0 Å². The van der Waals surface area contributed by atoms with Crippen molar-refractivity contribution in [3.63, 3.8) is 0 Å². The average Bonchev–Trinajstić information content (AvgIpc) is 3.25. The molecule has 1 N–H and O–H groups in total. The van der Waals surface area contributed by atoms with Crippen LogP contribution in [0.3, 0.4) is 0 Å². The van der Waals surface area contributed by atoms with Crippen LogP contribution in [0.1, 0.15) is 20.8 Å². The van der Waals surface area contributed by atoms with Crippen LogP contribution in [0.4, 0.5) is 5.69 Å². The SMILES string of the molecule is COc1ccc(CN/C=C2/C(=O)c3sccc3N(Cc3ccc(Cl)cc3)S2(=O)=O)cc1. The smallest absolute Gasteiger partial charge is 0.270 e. The molecular formula is C22H19ClN2O4S2. The highest BCUT2D eigenvalue weighted by Gasteiger charge is 2.41. The number of hydrogen-bond acceptors (Lipinski definition) is 6. The molecule has 0 spiro atoms. The van der Waals surface area contributed by atoms with Crippen molar-refractivity contribution in [1.29, 1.82) is 0 Å². The Morgan fingerprint density at radius 2 is 1.74 bits per heavy atom. The molecule has 0 amide bonds. The van der Waals surface area contributed by atoms with Crippen LogP contribution in [0.5, 0.6) is 5.75 Å². The summed E-state index contributed by atoms with van der Waals surface area (Å²) in [5, 5.41) is 5.26. The minimum absolute atomic E-state index is 0.104. The lowest BCUT2D eigenvalue weighted by atomic mass is 10.2. The van der Waals surface area contributed by atoms with Crippen molar-refractivity contribution in [3.05, 3.63) is 92.1 Å². The van der Waals surface area contributed by atoms with Gasteiger partial charge in [0.25, 0.3) is 10.0 Å². The average molecular weight is 475 g/mol. The Labute approximate surface area is 189 Å². The first kappa shape index (κ1) is 21.4. The van der Waals surface area contributed by atoms with E-state index in [1.165, 1.54) is 21.8 Å². The highest BCUT2D eigenvalue weighted by atomic mass is 35.5. The van der Waals surface area contributed by atoms with E-state index in [1.54, 1.807) is 42.8 Å². The van der Waals surface area contributed by atoms with Crippen LogP contribution in [0.2, 0.25) is 5.02 Å². The second-order valence-electron chi connectivity index (χ2n) is 6.84. The second-order valence-corrected chi connectivity index (χ2v) is 10.0. The maximum Gasteiger partial charge on any atom is 0.270 e. The molecule has 4 rings (SSSR count). The van der Waals surface area contributed by atoms with Crippen LogP contribution >= 0.6 is 22.9 Å². The fraction of sp³-hybridized carbons (Fsp3) is 0.136. The molecule has 1 aromatic heterocycles. The minimum Gasteiger partial charge on any atom is -0.497 e. The zero-order chi connectivity index (χ0) is 22.0. The predicted molar refractivity (Wildman–Crippen MR) is 123 cm³/mol. The zero-order valence-corrected chi connectivity index (χ0v) is 18.9. The first-order valence-corrected chi connectivity index (χ1v) is 12.1. The maximum atomic E-state index is 13.3. The van der Waals surface area contributed by atoms with Gasteiger partial charge in [-0.1, -0.05) is 35.9 Å². The van der Waals surface area contributed by atoms with E-state index in [0.29, 0.717) is 22.1 Å². The van der Waals surface area contributed by atoms with Crippen molar-refractivity contribution in [2.45, 2.75) is 13.1 Å². The molecular weight excluding hydrogens is 456 g/mol. The number of hydrogen-bond donors (Lipinski definition) is 1. The summed E-state index contributed by atoms with van der Waals surface area (Å²) in [6, 6.07) is 16.0. The van der Waals surface area contributed by atoms with Gasteiger partial charge in [-0.2, -0.15) is 0 Å². The molecule has 6 nitrogen and oxygen atoms in total. The Hall–Kier alpha value is -2.81. The number of benzene rings is 2. The van der Waals surface area contributed by atoms with E-state index in [-0.39, 0.29) is 11.4 Å². The molecule has 0 unspecified atom stereocenters. The number of nitrogens with one attached hydrogen (secondary N) is 1. The fourth-order valence-corrected chi connectivity index (χ4v) is 5.85. The van der Waals surface area contributed by atoms with E-state index in [2.05, 4.69) is 5.32 Å². The van der Waals surface area contributed by atoms with Crippen LogP contribution < -0.4 is 14.4 Å². The number of thiophene rings is 1. The first-order chi connectivity index (χ1) is 14.9. The summed E-state index contributed by atoms with van der Waals surface area (Å²) >= 11 is 7.17. The van der Waals surface area contributed by atoms with Crippen molar-refractivity contribution >= 4 is 44.4 Å². The van der Waals surface area contributed by atoms with Crippen LogP contribution in [0.25, 0.3) is 0 Å². The lowest BCUT2D eigenvalue weighted by Crippen LogP contribution is -2.38. The molecule has 3 aromatic rings. The number of rotatable bonds is 6. The van der Waals surface area contributed by atoms with Crippen LogP contribution in [-0.2, 0) is 23.1 Å². The molecule has 9 heteroatoms. The lowest BCUT2D eigenvalue weighted by Gasteiger charge is -2.29. The van der Waals surface area contributed by atoms with Crippen LogP contribution in [0.15, 0.2) is 71.1 Å². The Bertz CT molecular complexity index is 1230. The van der Waals surface area contributed by atoms with Gasteiger partial charge in [0.15, 0.2) is 4.91 Å². The molecule has 0 fully saturated rings. The minimum atomic E-state index is -4.03. The lowest BCUT2D eigenvalue weighted by molar-refractivity contribution is 0.104. The van der Waals surface area contributed by atoms with Gasteiger partial charge in [-0.3, -0.25) is 9.10 Å².